The van der Waals surface area contributed by atoms with Gasteiger partial charge in [0.25, 0.3) is 5.56 Å². The summed E-state index contributed by atoms with van der Waals surface area (Å²) in [6, 6.07) is -2.23. The highest BCUT2D eigenvalue weighted by Crippen LogP contribution is 2.22. The van der Waals surface area contributed by atoms with Crippen molar-refractivity contribution in [3.05, 3.63) is 33.6 Å². The van der Waals surface area contributed by atoms with Crippen LogP contribution in [-0.4, -0.2) is 73.7 Å². The Balaban J connectivity index is 2.31. The number of ketones is 1. The van der Waals surface area contributed by atoms with E-state index in [4.69, 9.17) is 4.63 Å². The number of aryl methyl sites for hydroxylation is 1. The van der Waals surface area contributed by atoms with Gasteiger partial charge in [0, 0.05) is 11.6 Å². The fraction of sp³-hybridized carbons (Fsp3) is 0.679. The Morgan fingerprint density at radius 3 is 2.41 bits per heavy atom. The smallest absolute Gasteiger partial charge is 0.305 e. The van der Waals surface area contributed by atoms with Crippen molar-refractivity contribution >= 4 is 23.5 Å². The molecule has 0 fully saturated rings. The highest BCUT2D eigenvalue weighted by Gasteiger charge is 2.30. The van der Waals surface area contributed by atoms with E-state index in [-0.39, 0.29) is 25.3 Å². The molecular weight excluding hydrogens is 530 g/mol. The normalized spacial score (nSPS) is 13.2. The van der Waals surface area contributed by atoms with Crippen molar-refractivity contribution in [3.63, 3.8) is 0 Å². The van der Waals surface area contributed by atoms with Crippen LogP contribution in [0.15, 0.2) is 15.6 Å². The molecule has 0 spiro atoms. The lowest BCUT2D eigenvalue weighted by Crippen LogP contribution is -2.49. The lowest BCUT2D eigenvalue weighted by Gasteiger charge is -2.26. The Hall–Kier alpha value is -3.61. The van der Waals surface area contributed by atoms with Crippen molar-refractivity contribution in [2.75, 3.05) is 25.5 Å². The number of Topliss-reactive ketones (excluding diaryl/α,β-unsaturated/α-hetero) is 1. The van der Waals surface area contributed by atoms with Crippen molar-refractivity contribution in [1.82, 2.24) is 30.1 Å². The fourth-order valence-electron chi connectivity index (χ4n) is 4.26. The molecule has 1 amide bonds. The summed E-state index contributed by atoms with van der Waals surface area (Å²) >= 11 is 0. The van der Waals surface area contributed by atoms with Gasteiger partial charge in [0.15, 0.2) is 11.6 Å². The van der Waals surface area contributed by atoms with Gasteiger partial charge in [-0.25, -0.2) is 9.61 Å². The summed E-state index contributed by atoms with van der Waals surface area (Å²) in [7, 11) is 1.80. The molecule has 0 aliphatic rings. The van der Waals surface area contributed by atoms with E-state index in [0.29, 0.717) is 23.6 Å². The Morgan fingerprint density at radius 2 is 1.85 bits per heavy atom. The number of hydrogen-bond acceptors (Lipinski definition) is 10. The summed E-state index contributed by atoms with van der Waals surface area (Å²) in [6.45, 7) is 12.2. The highest BCUT2D eigenvalue weighted by atomic mass is 16.6. The molecule has 3 N–H and O–H groups in total. The number of carboxylic acids is 1. The number of hydrogen-bond donors (Lipinski definition) is 3. The van der Waals surface area contributed by atoms with Crippen molar-refractivity contribution in [2.24, 2.45) is 0 Å². The van der Waals surface area contributed by atoms with E-state index < -0.39 is 47.1 Å². The number of amides is 1. The monoisotopic (exact) mass is 575 g/mol. The standard InChI is InChI=1S/C28H45N7O6/c1-8-10-11-12-13-34(7)16-22(36)19(14-24(37)38)30-26(39)21(9-2)35-17-23(28(4,5)6)31-25(27(35)40)29-15-20-18(3)32-41-33-20/h17,19,21H,8-16H2,1-7H3,(H,29,31)(H,30,39)(H,37,38)/t19-,21+/m0/s1. The van der Waals surface area contributed by atoms with E-state index in [2.05, 4.69) is 32.9 Å². The molecule has 2 atom stereocenters. The first-order chi connectivity index (χ1) is 19.3. The zero-order valence-corrected chi connectivity index (χ0v) is 25.3. The van der Waals surface area contributed by atoms with Gasteiger partial charge in [-0.2, -0.15) is 0 Å². The number of likely N-dealkylation sites (N-methyl/N-ethyl adjacent to an activating group) is 1. The number of anilines is 1. The summed E-state index contributed by atoms with van der Waals surface area (Å²) in [5, 5.41) is 22.6. The molecule has 0 aliphatic carbocycles. The van der Waals surface area contributed by atoms with Gasteiger partial charge in [0.1, 0.15) is 17.4 Å². The Bertz CT molecular complexity index is 1230. The molecule has 0 unspecified atom stereocenters. The lowest BCUT2D eigenvalue weighted by molar-refractivity contribution is -0.140. The lowest BCUT2D eigenvalue weighted by atomic mass is 9.92. The number of carboxylic acid groups (broad SMARTS) is 1. The number of aliphatic carboxylic acids is 1. The molecule has 0 saturated heterocycles. The number of nitrogens with one attached hydrogen (secondary N) is 2. The number of aromatic nitrogens is 4. The molecule has 0 aromatic carbocycles. The molecule has 13 heteroatoms. The second-order valence-electron chi connectivity index (χ2n) is 11.4. The van der Waals surface area contributed by atoms with Crippen LogP contribution in [0.5, 0.6) is 0 Å². The van der Waals surface area contributed by atoms with Gasteiger partial charge < -0.3 is 15.7 Å². The quantitative estimate of drug-likeness (QED) is 0.237. The minimum absolute atomic E-state index is 0.00884. The Morgan fingerprint density at radius 1 is 1.15 bits per heavy atom. The Kier molecular flexibility index (Phi) is 12.6. The van der Waals surface area contributed by atoms with Crippen LogP contribution in [0.1, 0.15) is 96.3 Å². The van der Waals surface area contributed by atoms with Crippen molar-refractivity contribution < 1.29 is 24.1 Å². The first kappa shape index (κ1) is 33.6. The third-order valence-electron chi connectivity index (χ3n) is 6.80. The summed E-state index contributed by atoms with van der Waals surface area (Å²) in [4.78, 5) is 58.0. The average molecular weight is 576 g/mol. The van der Waals surface area contributed by atoms with Gasteiger partial charge in [-0.3, -0.25) is 28.6 Å². The maximum absolute atomic E-state index is 13.5. The molecular formula is C28H45N7O6. The minimum atomic E-state index is -1.23. The summed E-state index contributed by atoms with van der Waals surface area (Å²) in [6.07, 6.45) is 5.39. The maximum atomic E-state index is 13.5. The molecule has 2 heterocycles. The second kappa shape index (κ2) is 15.4. The van der Waals surface area contributed by atoms with E-state index in [0.717, 1.165) is 25.7 Å². The molecule has 0 bridgehead atoms. The van der Waals surface area contributed by atoms with Gasteiger partial charge in [-0.05, 0) is 33.4 Å². The van der Waals surface area contributed by atoms with Crippen molar-refractivity contribution in [1.29, 1.82) is 0 Å². The summed E-state index contributed by atoms with van der Waals surface area (Å²) in [5.74, 6) is -2.20. The zero-order chi connectivity index (χ0) is 30.7. The van der Waals surface area contributed by atoms with Gasteiger partial charge in [0.2, 0.25) is 5.91 Å². The van der Waals surface area contributed by atoms with Crippen LogP contribution in [0.25, 0.3) is 0 Å². The molecule has 228 valence electrons. The largest absolute Gasteiger partial charge is 0.481 e. The maximum Gasteiger partial charge on any atom is 0.305 e. The number of carbonyl (C=O) groups is 3. The van der Waals surface area contributed by atoms with Crippen molar-refractivity contribution in [3.8, 4) is 0 Å². The molecule has 13 nitrogen and oxygen atoms in total. The highest BCUT2D eigenvalue weighted by molar-refractivity contribution is 5.93. The zero-order valence-electron chi connectivity index (χ0n) is 25.3. The predicted octanol–water partition coefficient (Wildman–Crippen LogP) is 2.84. The number of rotatable bonds is 17. The van der Waals surface area contributed by atoms with Crippen LogP contribution in [-0.2, 0) is 26.3 Å². The van der Waals surface area contributed by atoms with E-state index >= 15 is 0 Å². The minimum Gasteiger partial charge on any atom is -0.481 e. The molecule has 0 radical (unpaired) electrons. The first-order valence-electron chi connectivity index (χ1n) is 14.2. The van der Waals surface area contributed by atoms with E-state index in [1.807, 2.05) is 25.7 Å². The third kappa shape index (κ3) is 10.1. The van der Waals surface area contributed by atoms with Crippen LogP contribution in [0.4, 0.5) is 5.82 Å². The Labute approximate surface area is 241 Å². The number of nitrogens with zero attached hydrogens (tertiary/aromatic N) is 5. The molecule has 2 rings (SSSR count). The van der Waals surface area contributed by atoms with Crippen LogP contribution < -0.4 is 16.2 Å². The van der Waals surface area contributed by atoms with Gasteiger partial charge in [0.05, 0.1) is 31.2 Å². The van der Waals surface area contributed by atoms with Crippen LogP contribution in [0, 0.1) is 6.92 Å². The second-order valence-corrected chi connectivity index (χ2v) is 11.4. The average Bonchev–Trinajstić information content (AvgIpc) is 3.30. The molecule has 2 aromatic rings. The van der Waals surface area contributed by atoms with Crippen molar-refractivity contribution in [2.45, 2.75) is 104 Å². The summed E-state index contributed by atoms with van der Waals surface area (Å²) < 4.78 is 6.01. The topological polar surface area (TPSA) is 173 Å². The molecule has 41 heavy (non-hydrogen) atoms. The molecule has 0 aliphatic heterocycles. The van der Waals surface area contributed by atoms with Crippen LogP contribution in [0.3, 0.4) is 0 Å². The SMILES string of the molecule is CCCCCCN(C)CC(=O)[C@H](CC(=O)O)NC(=O)[C@@H](CC)n1cc(C(C)(C)C)nc(NCc2nonc2C)c1=O. The van der Waals surface area contributed by atoms with Crippen LogP contribution >= 0.6 is 0 Å². The van der Waals surface area contributed by atoms with Gasteiger partial charge >= 0.3 is 5.97 Å². The van der Waals surface area contributed by atoms with Gasteiger partial charge in [-0.1, -0.05) is 64.2 Å². The van der Waals surface area contributed by atoms with Gasteiger partial charge in [-0.15, -0.1) is 0 Å². The third-order valence-corrected chi connectivity index (χ3v) is 6.80. The summed E-state index contributed by atoms with van der Waals surface area (Å²) in [5.41, 5.74) is 0.631. The van der Waals surface area contributed by atoms with E-state index in [1.54, 1.807) is 27.1 Å². The molecule has 0 saturated carbocycles. The number of carbonyl (C=O) groups excluding carboxylic acids is 2. The molecule has 2 aromatic heterocycles. The number of unbranched alkanes of at least 4 members (excludes halogenated alkanes) is 3. The van der Waals surface area contributed by atoms with E-state index in [1.165, 1.54) is 4.57 Å². The van der Waals surface area contributed by atoms with E-state index in [9.17, 15) is 24.3 Å². The predicted molar refractivity (Wildman–Crippen MR) is 154 cm³/mol. The first-order valence-corrected chi connectivity index (χ1v) is 14.2. The fourth-order valence-corrected chi connectivity index (χ4v) is 4.26. The van der Waals surface area contributed by atoms with Crippen LogP contribution in [0.2, 0.25) is 0 Å².